The number of pyridine rings is 1. The minimum Gasteiger partial charge on any atom is -0.464 e. The van der Waals surface area contributed by atoms with Crippen molar-refractivity contribution in [2.75, 3.05) is 12.1 Å². The molecule has 2 aromatic rings. The average molecular weight is 349 g/mol. The first-order valence-electron chi connectivity index (χ1n) is 7.18. The van der Waals surface area contributed by atoms with Crippen LogP contribution in [0.15, 0.2) is 42.5 Å². The number of benzene rings is 1. The molecule has 25 heavy (non-hydrogen) atoms. The molecule has 0 aliphatic carbocycles. The SMILES string of the molecule is COC(=O)c1ccc2c(n1)N(C(=O)OCc1ccccc1)NC2(F)F. The Bertz CT molecular complexity index is 814. The third-order valence-electron chi connectivity index (χ3n) is 3.46. The molecule has 1 aliphatic rings. The number of fused-ring (bicyclic) bond motifs is 1. The number of anilines is 1. The van der Waals surface area contributed by atoms with E-state index in [4.69, 9.17) is 4.74 Å². The number of hydrogen-bond donors (Lipinski definition) is 1. The first kappa shape index (κ1) is 16.8. The quantitative estimate of drug-likeness (QED) is 0.678. The van der Waals surface area contributed by atoms with Crippen molar-refractivity contribution in [3.05, 3.63) is 59.3 Å². The molecule has 1 aromatic heterocycles. The Hall–Kier alpha value is -3.07. The van der Waals surface area contributed by atoms with Crippen LogP contribution in [0.4, 0.5) is 19.4 Å². The van der Waals surface area contributed by atoms with Crippen molar-refractivity contribution < 1.29 is 27.8 Å². The van der Waals surface area contributed by atoms with E-state index < -0.39 is 29.5 Å². The van der Waals surface area contributed by atoms with Gasteiger partial charge in [0.05, 0.1) is 12.7 Å². The Morgan fingerprint density at radius 1 is 1.20 bits per heavy atom. The molecule has 0 unspecified atom stereocenters. The van der Waals surface area contributed by atoms with Crippen molar-refractivity contribution >= 4 is 17.9 Å². The van der Waals surface area contributed by atoms with Crippen molar-refractivity contribution in [1.82, 2.24) is 10.4 Å². The van der Waals surface area contributed by atoms with Crippen molar-refractivity contribution in [2.45, 2.75) is 12.7 Å². The van der Waals surface area contributed by atoms with E-state index in [-0.39, 0.29) is 12.3 Å². The number of carbonyl (C=O) groups is 2. The number of nitrogens with one attached hydrogen (secondary N) is 1. The maximum absolute atomic E-state index is 14.0. The summed E-state index contributed by atoms with van der Waals surface area (Å²) < 4.78 is 37.5. The van der Waals surface area contributed by atoms with Gasteiger partial charge in [-0.1, -0.05) is 30.3 Å². The molecule has 9 heteroatoms. The molecule has 1 aromatic carbocycles. The zero-order valence-corrected chi connectivity index (χ0v) is 13.0. The Labute approximate surface area is 141 Å². The second-order valence-electron chi connectivity index (χ2n) is 5.12. The standard InChI is InChI=1S/C16H13F2N3O4/c1-24-14(22)12-8-7-11-13(19-12)21(20-16(11,17)18)15(23)25-9-10-5-3-2-4-6-10/h2-8,20H,9H2,1H3. The number of amides is 1. The second-order valence-corrected chi connectivity index (χ2v) is 5.12. The van der Waals surface area contributed by atoms with Crippen LogP contribution in [-0.4, -0.2) is 24.2 Å². The number of ether oxygens (including phenoxy) is 2. The van der Waals surface area contributed by atoms with Gasteiger partial charge >= 0.3 is 18.1 Å². The van der Waals surface area contributed by atoms with Gasteiger partial charge in [-0.3, -0.25) is 0 Å². The van der Waals surface area contributed by atoms with E-state index in [9.17, 15) is 18.4 Å². The van der Waals surface area contributed by atoms with Crippen LogP contribution < -0.4 is 10.4 Å². The van der Waals surface area contributed by atoms with Gasteiger partial charge in [-0.15, -0.1) is 0 Å². The van der Waals surface area contributed by atoms with Crippen molar-refractivity contribution in [2.24, 2.45) is 0 Å². The minimum atomic E-state index is -3.53. The summed E-state index contributed by atoms with van der Waals surface area (Å²) in [6.07, 6.45) is -1.07. The lowest BCUT2D eigenvalue weighted by atomic mass is 10.2. The predicted octanol–water partition coefficient (Wildman–Crippen LogP) is 2.58. The fourth-order valence-corrected chi connectivity index (χ4v) is 2.25. The van der Waals surface area contributed by atoms with Crippen LogP contribution in [0.25, 0.3) is 0 Å². The van der Waals surface area contributed by atoms with Gasteiger partial charge in [0.25, 0.3) is 0 Å². The van der Waals surface area contributed by atoms with Crippen molar-refractivity contribution in [1.29, 1.82) is 0 Å². The maximum Gasteiger partial charge on any atom is 0.430 e. The fraction of sp³-hybridized carbons (Fsp3) is 0.188. The number of aromatic nitrogens is 1. The number of rotatable bonds is 3. The smallest absolute Gasteiger partial charge is 0.430 e. The Morgan fingerprint density at radius 3 is 2.60 bits per heavy atom. The molecule has 0 bridgehead atoms. The molecule has 0 radical (unpaired) electrons. The average Bonchev–Trinajstić information content (AvgIpc) is 2.90. The molecule has 0 fully saturated rings. The lowest BCUT2D eigenvalue weighted by Gasteiger charge is -2.17. The van der Waals surface area contributed by atoms with Crippen LogP contribution in [0.3, 0.4) is 0 Å². The summed E-state index contributed by atoms with van der Waals surface area (Å²) in [5.74, 6) is -1.22. The molecule has 2 heterocycles. The Balaban J connectivity index is 1.83. The first-order chi connectivity index (χ1) is 11.9. The van der Waals surface area contributed by atoms with E-state index in [0.29, 0.717) is 10.6 Å². The maximum atomic E-state index is 14.0. The van der Waals surface area contributed by atoms with Crippen LogP contribution in [0.1, 0.15) is 21.6 Å². The minimum absolute atomic E-state index is 0.102. The molecule has 0 saturated heterocycles. The third-order valence-corrected chi connectivity index (χ3v) is 3.46. The molecular formula is C16H13F2N3O4. The predicted molar refractivity (Wildman–Crippen MR) is 81.7 cm³/mol. The van der Waals surface area contributed by atoms with Crippen LogP contribution in [0.5, 0.6) is 0 Å². The number of hydrogen-bond acceptors (Lipinski definition) is 6. The number of alkyl halides is 2. The number of carbonyl (C=O) groups excluding carboxylic acids is 2. The summed E-state index contributed by atoms with van der Waals surface area (Å²) in [6.45, 7) is -0.102. The Kier molecular flexibility index (Phi) is 4.32. The van der Waals surface area contributed by atoms with E-state index in [1.165, 1.54) is 0 Å². The summed E-state index contributed by atoms with van der Waals surface area (Å²) in [7, 11) is 1.13. The molecule has 7 nitrogen and oxygen atoms in total. The van der Waals surface area contributed by atoms with Crippen LogP contribution in [0, 0.1) is 0 Å². The molecule has 0 spiro atoms. The fourth-order valence-electron chi connectivity index (χ4n) is 2.25. The zero-order chi connectivity index (χ0) is 18.0. The summed E-state index contributed by atoms with van der Waals surface area (Å²) in [5.41, 5.74) is 1.67. The van der Waals surface area contributed by atoms with Gasteiger partial charge in [0.1, 0.15) is 6.61 Å². The van der Waals surface area contributed by atoms with E-state index >= 15 is 0 Å². The van der Waals surface area contributed by atoms with E-state index in [1.807, 2.05) is 0 Å². The van der Waals surface area contributed by atoms with E-state index in [2.05, 4.69) is 9.72 Å². The molecule has 130 valence electrons. The monoisotopic (exact) mass is 349 g/mol. The molecule has 0 saturated carbocycles. The van der Waals surface area contributed by atoms with Gasteiger partial charge in [0.15, 0.2) is 11.5 Å². The van der Waals surface area contributed by atoms with E-state index in [1.54, 1.807) is 35.8 Å². The third kappa shape index (κ3) is 3.26. The van der Waals surface area contributed by atoms with Gasteiger partial charge in [0.2, 0.25) is 0 Å². The molecule has 1 amide bonds. The highest BCUT2D eigenvalue weighted by atomic mass is 19.3. The molecule has 1 aliphatic heterocycles. The lowest BCUT2D eigenvalue weighted by Crippen LogP contribution is -2.45. The molecule has 3 rings (SSSR count). The number of methoxy groups -OCH3 is 1. The lowest BCUT2D eigenvalue weighted by molar-refractivity contribution is -0.0322. The van der Waals surface area contributed by atoms with Gasteiger partial charge in [-0.25, -0.2) is 14.6 Å². The summed E-state index contributed by atoms with van der Waals surface area (Å²) in [4.78, 5) is 27.5. The second kappa shape index (κ2) is 6.44. The van der Waals surface area contributed by atoms with Gasteiger partial charge in [-0.2, -0.15) is 19.2 Å². The normalized spacial score (nSPS) is 14.8. The largest absolute Gasteiger partial charge is 0.464 e. The summed E-state index contributed by atoms with van der Waals surface area (Å²) in [5, 5.41) is 0.477. The topological polar surface area (TPSA) is 80.8 Å². The van der Waals surface area contributed by atoms with Crippen molar-refractivity contribution in [3.63, 3.8) is 0 Å². The zero-order valence-electron chi connectivity index (χ0n) is 13.0. The highest BCUT2D eigenvalue weighted by Gasteiger charge is 2.48. The van der Waals surface area contributed by atoms with Crippen LogP contribution >= 0.6 is 0 Å². The highest BCUT2D eigenvalue weighted by Crippen LogP contribution is 2.38. The first-order valence-corrected chi connectivity index (χ1v) is 7.18. The Morgan fingerprint density at radius 2 is 1.92 bits per heavy atom. The summed E-state index contributed by atoms with van der Waals surface area (Å²) >= 11 is 0. The molecule has 1 N–H and O–H groups in total. The number of hydrazine groups is 1. The van der Waals surface area contributed by atoms with Gasteiger partial charge in [0, 0.05) is 0 Å². The molecular weight excluding hydrogens is 336 g/mol. The van der Waals surface area contributed by atoms with Crippen LogP contribution in [-0.2, 0) is 22.1 Å². The molecule has 0 atom stereocenters. The van der Waals surface area contributed by atoms with Crippen molar-refractivity contribution in [3.8, 4) is 0 Å². The van der Waals surface area contributed by atoms with Gasteiger partial charge < -0.3 is 9.47 Å². The number of esters is 1. The number of nitrogens with zero attached hydrogens (tertiary/aromatic N) is 2. The number of halogens is 2. The van der Waals surface area contributed by atoms with Gasteiger partial charge in [-0.05, 0) is 17.7 Å². The highest BCUT2D eigenvalue weighted by molar-refractivity contribution is 5.91. The summed E-state index contributed by atoms with van der Waals surface area (Å²) in [6, 6.07) is 7.33. The van der Waals surface area contributed by atoms with Crippen LogP contribution in [0.2, 0.25) is 0 Å². The van der Waals surface area contributed by atoms with E-state index in [0.717, 1.165) is 19.2 Å².